The lowest BCUT2D eigenvalue weighted by atomic mass is 10.1. The van der Waals surface area contributed by atoms with Gasteiger partial charge in [-0.2, -0.15) is 0 Å². The highest BCUT2D eigenvalue weighted by Crippen LogP contribution is 2.21. The Morgan fingerprint density at radius 2 is 2.10 bits per heavy atom. The maximum atomic E-state index is 12.4. The zero-order chi connectivity index (χ0) is 14.9. The molecule has 0 aromatic heterocycles. The summed E-state index contributed by atoms with van der Waals surface area (Å²) in [5, 5.41) is 0. The summed E-state index contributed by atoms with van der Waals surface area (Å²) in [6.45, 7) is 2.85. The van der Waals surface area contributed by atoms with Crippen LogP contribution in [0.1, 0.15) is 22.3 Å². The number of likely N-dealkylation sites (tertiary alicyclic amines) is 1. The van der Waals surface area contributed by atoms with Crippen molar-refractivity contribution in [3.63, 3.8) is 0 Å². The molecule has 0 saturated carbocycles. The first-order valence-electron chi connectivity index (χ1n) is 6.19. The molecule has 1 aromatic rings. The van der Waals surface area contributed by atoms with E-state index in [2.05, 4.69) is 0 Å². The fraction of sp³-hybridized carbons (Fsp3) is 0.462. The van der Waals surface area contributed by atoms with Crippen LogP contribution in [-0.2, 0) is 13.8 Å². The van der Waals surface area contributed by atoms with Crippen molar-refractivity contribution in [2.75, 3.05) is 20.2 Å². The number of aryl methyl sites for hydroxylation is 1. The standard InChI is InChI=1S/C13H16ClNO4S/c1-9-5-10(7-12(6-9)20(14,17)18)13(16)15-4-3-11(8-15)19-2/h5-7,11H,3-4,8H2,1-2H3. The molecule has 1 aliphatic rings. The van der Waals surface area contributed by atoms with Crippen molar-refractivity contribution in [2.45, 2.75) is 24.3 Å². The zero-order valence-electron chi connectivity index (χ0n) is 11.3. The van der Waals surface area contributed by atoms with Gasteiger partial charge < -0.3 is 9.64 Å². The van der Waals surface area contributed by atoms with E-state index in [0.29, 0.717) is 24.2 Å². The number of halogens is 1. The molecule has 1 aliphatic heterocycles. The second-order valence-corrected chi connectivity index (χ2v) is 7.44. The molecule has 0 bridgehead atoms. The van der Waals surface area contributed by atoms with E-state index in [1.165, 1.54) is 12.1 Å². The van der Waals surface area contributed by atoms with Crippen LogP contribution in [-0.4, -0.2) is 45.5 Å². The first kappa shape index (κ1) is 15.3. The van der Waals surface area contributed by atoms with Gasteiger partial charge in [0.15, 0.2) is 0 Å². The molecular weight excluding hydrogens is 302 g/mol. The van der Waals surface area contributed by atoms with E-state index in [1.807, 2.05) is 0 Å². The van der Waals surface area contributed by atoms with Crippen molar-refractivity contribution in [2.24, 2.45) is 0 Å². The SMILES string of the molecule is COC1CCN(C(=O)c2cc(C)cc(S(=O)(=O)Cl)c2)C1. The number of rotatable bonds is 3. The summed E-state index contributed by atoms with van der Waals surface area (Å²) in [6, 6.07) is 4.42. The second-order valence-electron chi connectivity index (χ2n) is 4.87. The van der Waals surface area contributed by atoms with E-state index in [9.17, 15) is 13.2 Å². The molecule has 110 valence electrons. The van der Waals surface area contributed by atoms with Crippen LogP contribution in [0.15, 0.2) is 23.1 Å². The Kier molecular flexibility index (Phi) is 4.36. The van der Waals surface area contributed by atoms with Crippen LogP contribution in [0, 0.1) is 6.92 Å². The van der Waals surface area contributed by atoms with Gasteiger partial charge in [-0.1, -0.05) is 0 Å². The number of carbonyl (C=O) groups excluding carboxylic acids is 1. The van der Waals surface area contributed by atoms with Gasteiger partial charge in [0.1, 0.15) is 0 Å². The molecule has 1 amide bonds. The van der Waals surface area contributed by atoms with Gasteiger partial charge in [0, 0.05) is 36.4 Å². The van der Waals surface area contributed by atoms with Crippen LogP contribution >= 0.6 is 10.7 Å². The Bertz CT molecular complexity index is 629. The third-order valence-electron chi connectivity index (χ3n) is 3.34. The highest BCUT2D eigenvalue weighted by Gasteiger charge is 2.27. The van der Waals surface area contributed by atoms with Gasteiger partial charge >= 0.3 is 0 Å². The van der Waals surface area contributed by atoms with Gasteiger partial charge in [-0.25, -0.2) is 8.42 Å². The van der Waals surface area contributed by atoms with Crippen molar-refractivity contribution in [1.29, 1.82) is 0 Å². The molecular formula is C13H16ClNO4S. The number of amides is 1. The number of nitrogens with zero attached hydrogens (tertiary/aromatic N) is 1. The summed E-state index contributed by atoms with van der Waals surface area (Å²) in [5.41, 5.74) is 1.01. The molecule has 7 heteroatoms. The summed E-state index contributed by atoms with van der Waals surface area (Å²) in [4.78, 5) is 14.0. The predicted octanol–water partition coefficient (Wildman–Crippen LogP) is 1.78. The van der Waals surface area contributed by atoms with Crippen LogP contribution in [0.3, 0.4) is 0 Å². The minimum Gasteiger partial charge on any atom is -0.380 e. The Labute approximate surface area is 122 Å². The lowest BCUT2D eigenvalue weighted by molar-refractivity contribution is 0.0724. The Hall–Kier alpha value is -1.11. The summed E-state index contributed by atoms with van der Waals surface area (Å²) in [5.74, 6) is -0.199. The lowest BCUT2D eigenvalue weighted by Gasteiger charge is -2.17. The van der Waals surface area contributed by atoms with Crippen molar-refractivity contribution in [3.05, 3.63) is 29.3 Å². The van der Waals surface area contributed by atoms with E-state index in [1.54, 1.807) is 25.0 Å². The minimum absolute atomic E-state index is 0.0417. The maximum absolute atomic E-state index is 12.4. The molecule has 1 fully saturated rings. The summed E-state index contributed by atoms with van der Waals surface area (Å²) < 4.78 is 28.0. The molecule has 5 nitrogen and oxygen atoms in total. The van der Waals surface area contributed by atoms with Crippen molar-refractivity contribution in [3.8, 4) is 0 Å². The third kappa shape index (κ3) is 3.31. The van der Waals surface area contributed by atoms with E-state index >= 15 is 0 Å². The van der Waals surface area contributed by atoms with Crippen LogP contribution < -0.4 is 0 Å². The minimum atomic E-state index is -3.84. The normalized spacial score (nSPS) is 19.4. The van der Waals surface area contributed by atoms with Crippen LogP contribution in [0.5, 0.6) is 0 Å². The van der Waals surface area contributed by atoms with Crippen molar-refractivity contribution in [1.82, 2.24) is 4.90 Å². The molecule has 1 saturated heterocycles. The molecule has 0 N–H and O–H groups in total. The molecule has 1 unspecified atom stereocenters. The first-order chi connectivity index (χ1) is 9.31. The Morgan fingerprint density at radius 3 is 2.65 bits per heavy atom. The molecule has 20 heavy (non-hydrogen) atoms. The molecule has 0 aliphatic carbocycles. The summed E-state index contributed by atoms with van der Waals surface area (Å²) in [7, 11) is 3.11. The number of methoxy groups -OCH3 is 1. The number of hydrogen-bond donors (Lipinski definition) is 0. The molecule has 2 rings (SSSR count). The van der Waals surface area contributed by atoms with Gasteiger partial charge in [-0.05, 0) is 37.1 Å². The summed E-state index contributed by atoms with van der Waals surface area (Å²) in [6.07, 6.45) is 0.828. The van der Waals surface area contributed by atoms with Gasteiger partial charge in [0.05, 0.1) is 11.0 Å². The highest BCUT2D eigenvalue weighted by molar-refractivity contribution is 8.13. The Morgan fingerprint density at radius 1 is 1.40 bits per heavy atom. The van der Waals surface area contributed by atoms with Crippen molar-refractivity contribution < 1.29 is 17.9 Å². The number of benzene rings is 1. The highest BCUT2D eigenvalue weighted by atomic mass is 35.7. The number of carbonyl (C=O) groups is 1. The predicted molar refractivity (Wildman–Crippen MR) is 75.5 cm³/mol. The molecule has 1 atom stereocenters. The van der Waals surface area contributed by atoms with E-state index in [0.717, 1.165) is 6.42 Å². The lowest BCUT2D eigenvalue weighted by Crippen LogP contribution is -2.30. The fourth-order valence-corrected chi connectivity index (χ4v) is 3.16. The van der Waals surface area contributed by atoms with E-state index in [4.69, 9.17) is 15.4 Å². The first-order valence-corrected chi connectivity index (χ1v) is 8.50. The van der Waals surface area contributed by atoms with Gasteiger partial charge in [-0.3, -0.25) is 4.79 Å². The smallest absolute Gasteiger partial charge is 0.261 e. The molecule has 0 spiro atoms. The number of ether oxygens (including phenoxy) is 1. The average molecular weight is 318 g/mol. The van der Waals surface area contributed by atoms with Gasteiger partial charge in [0.25, 0.3) is 15.0 Å². The van der Waals surface area contributed by atoms with Crippen molar-refractivity contribution >= 4 is 25.6 Å². The average Bonchev–Trinajstić information content (AvgIpc) is 2.84. The fourth-order valence-electron chi connectivity index (χ4n) is 2.30. The largest absolute Gasteiger partial charge is 0.380 e. The monoisotopic (exact) mass is 317 g/mol. The van der Waals surface area contributed by atoms with Crippen LogP contribution in [0.4, 0.5) is 0 Å². The van der Waals surface area contributed by atoms with E-state index in [-0.39, 0.29) is 16.9 Å². The van der Waals surface area contributed by atoms with Gasteiger partial charge in [0.2, 0.25) is 0 Å². The molecule has 0 radical (unpaired) electrons. The Balaban J connectivity index is 2.29. The van der Waals surface area contributed by atoms with E-state index < -0.39 is 9.05 Å². The zero-order valence-corrected chi connectivity index (χ0v) is 12.9. The topological polar surface area (TPSA) is 63.7 Å². The number of hydrogen-bond acceptors (Lipinski definition) is 4. The van der Waals surface area contributed by atoms with Gasteiger partial charge in [-0.15, -0.1) is 0 Å². The molecule has 1 heterocycles. The summed E-state index contributed by atoms with van der Waals surface area (Å²) >= 11 is 0. The third-order valence-corrected chi connectivity index (χ3v) is 4.68. The molecule has 1 aromatic carbocycles. The quantitative estimate of drug-likeness (QED) is 0.797. The van der Waals surface area contributed by atoms with Crippen LogP contribution in [0.2, 0.25) is 0 Å². The maximum Gasteiger partial charge on any atom is 0.261 e. The van der Waals surface area contributed by atoms with Crippen LogP contribution in [0.25, 0.3) is 0 Å². The second kappa shape index (κ2) is 5.71.